The molecule has 1 saturated heterocycles. The predicted molar refractivity (Wildman–Crippen MR) is 70.7 cm³/mol. The zero-order chi connectivity index (χ0) is 12.3. The van der Waals surface area contributed by atoms with Gasteiger partial charge in [-0.15, -0.1) is 0 Å². The Balaban J connectivity index is 1.88. The van der Waals surface area contributed by atoms with Crippen LogP contribution in [-0.4, -0.2) is 42.0 Å². The summed E-state index contributed by atoms with van der Waals surface area (Å²) >= 11 is 0. The van der Waals surface area contributed by atoms with Crippen molar-refractivity contribution in [3.05, 3.63) is 29.6 Å². The van der Waals surface area contributed by atoms with Crippen molar-refractivity contribution < 1.29 is 0 Å². The van der Waals surface area contributed by atoms with E-state index < -0.39 is 0 Å². The molecule has 17 heavy (non-hydrogen) atoms. The van der Waals surface area contributed by atoms with E-state index in [-0.39, 0.29) is 0 Å². The fourth-order valence-corrected chi connectivity index (χ4v) is 2.32. The van der Waals surface area contributed by atoms with Gasteiger partial charge in [-0.2, -0.15) is 0 Å². The molecule has 1 aromatic rings. The van der Waals surface area contributed by atoms with E-state index in [2.05, 4.69) is 49.0 Å². The molecule has 0 aliphatic carbocycles. The largest absolute Gasteiger partial charge is 0.304 e. The predicted octanol–water partition coefficient (Wildman–Crippen LogP) is 1.98. The second kappa shape index (κ2) is 5.61. The lowest BCUT2D eigenvalue weighted by molar-refractivity contribution is 0.0884. The Labute approximate surface area is 104 Å². The van der Waals surface area contributed by atoms with Crippen LogP contribution in [0.25, 0.3) is 0 Å². The third-order valence-corrected chi connectivity index (χ3v) is 3.34. The first kappa shape index (κ1) is 12.5. The second-order valence-electron chi connectivity index (χ2n) is 5.33. The van der Waals surface area contributed by atoms with E-state index in [1.165, 1.54) is 30.9 Å². The lowest BCUT2D eigenvalue weighted by atomic mass is 9.97. The summed E-state index contributed by atoms with van der Waals surface area (Å²) in [4.78, 5) is 9.34. The zero-order valence-corrected chi connectivity index (χ0v) is 11.2. The molecule has 0 radical (unpaired) electrons. The maximum absolute atomic E-state index is 4.70. The van der Waals surface area contributed by atoms with Crippen molar-refractivity contribution in [1.82, 2.24) is 14.8 Å². The number of aromatic nitrogens is 1. The molecule has 0 spiro atoms. The highest BCUT2D eigenvalue weighted by atomic mass is 15.2. The number of likely N-dealkylation sites (tertiary alicyclic amines) is 1. The van der Waals surface area contributed by atoms with Crippen molar-refractivity contribution in [2.24, 2.45) is 5.92 Å². The van der Waals surface area contributed by atoms with Gasteiger partial charge in [-0.25, -0.2) is 0 Å². The van der Waals surface area contributed by atoms with Gasteiger partial charge in [-0.05, 0) is 32.1 Å². The maximum atomic E-state index is 4.70. The van der Waals surface area contributed by atoms with Gasteiger partial charge in [0.1, 0.15) is 0 Å². The normalized spacial score (nSPS) is 17.4. The van der Waals surface area contributed by atoms with E-state index in [0.717, 1.165) is 19.0 Å². The van der Waals surface area contributed by atoms with E-state index in [1.54, 1.807) is 0 Å². The van der Waals surface area contributed by atoms with Gasteiger partial charge in [0.05, 0.1) is 11.4 Å². The summed E-state index contributed by atoms with van der Waals surface area (Å²) in [5, 5.41) is 0. The minimum atomic E-state index is 0.917. The standard InChI is InChI=1S/C14H23N3/c1-4-12-8-17(9-12)11-14-7-5-6-13(15-14)10-16(2)3/h5-7,12H,4,8-11H2,1-3H3. The monoisotopic (exact) mass is 233 g/mol. The molecule has 0 unspecified atom stereocenters. The van der Waals surface area contributed by atoms with Crippen LogP contribution in [0.3, 0.4) is 0 Å². The molecule has 0 aromatic carbocycles. The van der Waals surface area contributed by atoms with Gasteiger partial charge in [0.25, 0.3) is 0 Å². The molecule has 0 bridgehead atoms. The van der Waals surface area contributed by atoms with Crippen molar-refractivity contribution in [2.45, 2.75) is 26.4 Å². The molecule has 0 saturated carbocycles. The minimum Gasteiger partial charge on any atom is -0.304 e. The summed E-state index contributed by atoms with van der Waals surface area (Å²) in [6.07, 6.45) is 1.31. The average molecular weight is 233 g/mol. The van der Waals surface area contributed by atoms with E-state index in [0.29, 0.717) is 0 Å². The third kappa shape index (κ3) is 3.51. The van der Waals surface area contributed by atoms with Gasteiger partial charge in [0.15, 0.2) is 0 Å². The van der Waals surface area contributed by atoms with Gasteiger partial charge in [-0.1, -0.05) is 19.4 Å². The Bertz CT molecular complexity index is 356. The molecule has 1 aromatic heterocycles. The Kier molecular flexibility index (Phi) is 4.13. The average Bonchev–Trinajstić information content (AvgIpc) is 2.22. The molecule has 3 heteroatoms. The summed E-state index contributed by atoms with van der Waals surface area (Å²) in [5.74, 6) is 0.917. The van der Waals surface area contributed by atoms with E-state index in [9.17, 15) is 0 Å². The minimum absolute atomic E-state index is 0.917. The van der Waals surface area contributed by atoms with Crippen LogP contribution in [0, 0.1) is 5.92 Å². The Hall–Kier alpha value is -0.930. The van der Waals surface area contributed by atoms with Crippen LogP contribution in [0.15, 0.2) is 18.2 Å². The number of hydrogen-bond acceptors (Lipinski definition) is 3. The van der Waals surface area contributed by atoms with Crippen LogP contribution < -0.4 is 0 Å². The fourth-order valence-electron chi connectivity index (χ4n) is 2.32. The fraction of sp³-hybridized carbons (Fsp3) is 0.643. The van der Waals surface area contributed by atoms with E-state index in [1.807, 2.05) is 0 Å². The number of hydrogen-bond donors (Lipinski definition) is 0. The first-order valence-corrected chi connectivity index (χ1v) is 6.49. The number of nitrogens with zero attached hydrogens (tertiary/aromatic N) is 3. The molecule has 0 atom stereocenters. The number of pyridine rings is 1. The van der Waals surface area contributed by atoms with Gasteiger partial charge in [-0.3, -0.25) is 9.88 Å². The quantitative estimate of drug-likeness (QED) is 0.775. The number of rotatable bonds is 5. The van der Waals surface area contributed by atoms with Crippen molar-refractivity contribution in [3.8, 4) is 0 Å². The third-order valence-electron chi connectivity index (χ3n) is 3.34. The smallest absolute Gasteiger partial charge is 0.0547 e. The molecule has 1 aliphatic heterocycles. The van der Waals surface area contributed by atoms with E-state index in [4.69, 9.17) is 4.98 Å². The Morgan fingerprint density at radius 2 is 2.00 bits per heavy atom. The molecule has 2 rings (SSSR count). The zero-order valence-electron chi connectivity index (χ0n) is 11.2. The second-order valence-corrected chi connectivity index (χ2v) is 5.33. The SMILES string of the molecule is CCC1CN(Cc2cccc(CN(C)C)n2)C1. The van der Waals surface area contributed by atoms with Crippen LogP contribution in [-0.2, 0) is 13.1 Å². The first-order valence-electron chi connectivity index (χ1n) is 6.49. The van der Waals surface area contributed by atoms with Crippen LogP contribution in [0.5, 0.6) is 0 Å². The lowest BCUT2D eigenvalue weighted by Gasteiger charge is -2.38. The van der Waals surface area contributed by atoms with Crippen molar-refractivity contribution in [3.63, 3.8) is 0 Å². The van der Waals surface area contributed by atoms with E-state index >= 15 is 0 Å². The van der Waals surface area contributed by atoms with Crippen LogP contribution in [0.1, 0.15) is 24.7 Å². The first-order chi connectivity index (χ1) is 8.17. The van der Waals surface area contributed by atoms with Crippen molar-refractivity contribution >= 4 is 0 Å². The topological polar surface area (TPSA) is 19.4 Å². The lowest BCUT2D eigenvalue weighted by Crippen LogP contribution is -2.45. The van der Waals surface area contributed by atoms with Gasteiger partial charge < -0.3 is 4.90 Å². The molecule has 1 fully saturated rings. The highest BCUT2D eigenvalue weighted by Gasteiger charge is 2.24. The Morgan fingerprint density at radius 1 is 1.29 bits per heavy atom. The van der Waals surface area contributed by atoms with Gasteiger partial charge in [0.2, 0.25) is 0 Å². The van der Waals surface area contributed by atoms with Crippen molar-refractivity contribution in [1.29, 1.82) is 0 Å². The molecule has 2 heterocycles. The van der Waals surface area contributed by atoms with Crippen LogP contribution in [0.2, 0.25) is 0 Å². The molecule has 1 aliphatic rings. The highest BCUT2D eigenvalue weighted by molar-refractivity contribution is 5.11. The van der Waals surface area contributed by atoms with Crippen LogP contribution >= 0.6 is 0 Å². The molecule has 0 amide bonds. The Morgan fingerprint density at radius 3 is 2.65 bits per heavy atom. The summed E-state index contributed by atoms with van der Waals surface area (Å²) in [6.45, 7) is 6.70. The molecule has 3 nitrogen and oxygen atoms in total. The van der Waals surface area contributed by atoms with Crippen LogP contribution in [0.4, 0.5) is 0 Å². The summed E-state index contributed by atoms with van der Waals surface area (Å²) in [7, 11) is 4.16. The summed E-state index contributed by atoms with van der Waals surface area (Å²) < 4.78 is 0. The molecular weight excluding hydrogens is 210 g/mol. The van der Waals surface area contributed by atoms with Gasteiger partial charge >= 0.3 is 0 Å². The molecule has 94 valence electrons. The highest BCUT2D eigenvalue weighted by Crippen LogP contribution is 2.20. The maximum Gasteiger partial charge on any atom is 0.0547 e. The molecular formula is C14H23N3. The van der Waals surface area contributed by atoms with Gasteiger partial charge in [0, 0.05) is 26.2 Å². The summed E-state index contributed by atoms with van der Waals surface area (Å²) in [5.41, 5.74) is 2.37. The summed E-state index contributed by atoms with van der Waals surface area (Å²) in [6, 6.07) is 6.37. The van der Waals surface area contributed by atoms with Crippen molar-refractivity contribution in [2.75, 3.05) is 27.2 Å². The molecule has 0 N–H and O–H groups in total.